The minimum absolute atomic E-state index is 0.269. The van der Waals surface area contributed by atoms with Crippen LogP contribution in [0.3, 0.4) is 0 Å². The van der Waals surface area contributed by atoms with Gasteiger partial charge in [-0.3, -0.25) is 0 Å². The molecule has 1 saturated heterocycles. The molecular formula is C20H32GaN4O3S+. The van der Waals surface area contributed by atoms with E-state index < -0.39 is 5.60 Å². The van der Waals surface area contributed by atoms with Gasteiger partial charge in [0.05, 0.1) is 0 Å². The van der Waals surface area contributed by atoms with Gasteiger partial charge in [-0.1, -0.05) is 13.8 Å². The van der Waals surface area contributed by atoms with Crippen molar-refractivity contribution in [1.82, 2.24) is 10.1 Å². The Balaban J connectivity index is 0.00000145. The van der Waals surface area contributed by atoms with Crippen molar-refractivity contribution in [3.8, 4) is 0 Å². The summed E-state index contributed by atoms with van der Waals surface area (Å²) in [6, 6.07) is 0. The number of aromatic nitrogens is 1. The topological polar surface area (TPSA) is 67.9 Å². The van der Waals surface area contributed by atoms with Crippen LogP contribution in [0.4, 0.5) is 4.79 Å². The van der Waals surface area contributed by atoms with Crippen molar-refractivity contribution in [2.75, 3.05) is 20.6 Å². The van der Waals surface area contributed by atoms with E-state index in [1.807, 2.05) is 48.7 Å². The monoisotopic (exact) mass is 477 g/mol. The molecule has 2 radical (unpaired) electrons. The van der Waals surface area contributed by atoms with Crippen molar-refractivity contribution in [3.05, 3.63) is 16.8 Å². The molecule has 1 aromatic rings. The summed E-state index contributed by atoms with van der Waals surface area (Å²) in [7, 11) is 4.04. The average Bonchev–Trinajstić information content (AvgIpc) is 3.08. The van der Waals surface area contributed by atoms with Gasteiger partial charge in [0.1, 0.15) is 0 Å². The Labute approximate surface area is 189 Å². The second kappa shape index (κ2) is 8.91. The van der Waals surface area contributed by atoms with E-state index in [-0.39, 0.29) is 11.5 Å². The number of fused-ring (bicyclic) bond motifs is 1. The molecule has 3 rings (SSSR count). The molecule has 1 atom stereocenters. The van der Waals surface area contributed by atoms with Gasteiger partial charge in [0.2, 0.25) is 0 Å². The first kappa shape index (κ1) is 24.1. The molecule has 158 valence electrons. The Morgan fingerprint density at radius 1 is 1.38 bits per heavy atom. The zero-order valence-corrected chi connectivity index (χ0v) is 22.1. The molecule has 2 aliphatic rings. The first-order valence-corrected chi connectivity index (χ1v) is 11.8. The van der Waals surface area contributed by atoms with Gasteiger partial charge in [0, 0.05) is 0 Å². The van der Waals surface area contributed by atoms with Gasteiger partial charge in [-0.05, 0) is 0 Å². The van der Waals surface area contributed by atoms with Crippen molar-refractivity contribution in [1.29, 1.82) is 0 Å². The Kier molecular flexibility index (Phi) is 7.41. The Hall–Kier alpha value is -1.16. The fourth-order valence-electron chi connectivity index (χ4n) is 3.53. The van der Waals surface area contributed by atoms with Crippen LogP contribution in [-0.2, 0) is 11.2 Å². The van der Waals surface area contributed by atoms with Gasteiger partial charge in [-0.2, -0.15) is 0 Å². The predicted octanol–water partition coefficient (Wildman–Crippen LogP) is 3.11. The molecule has 1 unspecified atom stereocenters. The molecule has 0 aliphatic carbocycles. The Morgan fingerprint density at radius 3 is 2.55 bits per heavy atom. The van der Waals surface area contributed by atoms with E-state index >= 15 is 0 Å². The quantitative estimate of drug-likeness (QED) is 0.403. The molecule has 9 heteroatoms. The number of piperidine rings is 1. The van der Waals surface area contributed by atoms with E-state index in [2.05, 4.69) is 24.7 Å². The number of nitrogens with zero attached hydrogens (tertiary/aromatic N) is 4. The van der Waals surface area contributed by atoms with E-state index in [9.17, 15) is 4.79 Å². The van der Waals surface area contributed by atoms with Crippen LogP contribution in [0.15, 0.2) is 15.2 Å². The maximum absolute atomic E-state index is 12.7. The van der Waals surface area contributed by atoms with Crippen LogP contribution in [0.1, 0.15) is 59.2 Å². The number of amides is 1. The first-order chi connectivity index (χ1) is 13.4. The molecule has 0 N–H and O–H groups in total. The third-order valence-electron chi connectivity index (χ3n) is 4.64. The zero-order chi connectivity index (χ0) is 22.1. The maximum atomic E-state index is 12.7. The Morgan fingerprint density at radius 2 is 2.00 bits per heavy atom. The van der Waals surface area contributed by atoms with Gasteiger partial charge in [0.25, 0.3) is 0 Å². The molecule has 29 heavy (non-hydrogen) atoms. The predicted molar refractivity (Wildman–Crippen MR) is 119 cm³/mol. The van der Waals surface area contributed by atoms with Crippen molar-refractivity contribution in [2.24, 2.45) is 5.10 Å². The molecule has 0 bridgehead atoms. The van der Waals surface area contributed by atoms with Gasteiger partial charge in [-0.15, -0.1) is 0 Å². The second-order valence-electron chi connectivity index (χ2n) is 8.29. The molecule has 1 fully saturated rings. The molecule has 7 nitrogen and oxygen atoms in total. The SMILES string of the molecule is CC.CCc1c(C2=C3CN(C(=O)OC(C)(C)C)C(S)CC3=N[N+]2(C)C)no[c]1[Ga]. The molecule has 0 saturated carbocycles. The molecule has 2 aliphatic heterocycles. The molecule has 3 heterocycles. The standard InChI is InChI=1S/C18H25N4O3S.C2H6.Ga/c1-7-11-10-24-20-15(11)16-12-9-21(17(23)25-18(2,3)4)14(26)8-13(12)19-22(16,5)6;1-2;/h14H,7-9H2,1-6H3;1-2H3;/p+1. The van der Waals surface area contributed by atoms with Crippen molar-refractivity contribution < 1.29 is 18.6 Å². The van der Waals surface area contributed by atoms with Gasteiger partial charge >= 0.3 is 176 Å². The summed E-state index contributed by atoms with van der Waals surface area (Å²) in [4.78, 5) is 14.4. The van der Waals surface area contributed by atoms with E-state index in [0.717, 1.165) is 39.0 Å². The van der Waals surface area contributed by atoms with E-state index in [1.54, 1.807) is 4.90 Å². The number of carbonyl (C=O) groups excluding carboxylic acids is 1. The van der Waals surface area contributed by atoms with Gasteiger partial charge in [0.15, 0.2) is 0 Å². The number of quaternary nitrogens is 1. The first-order valence-electron chi connectivity index (χ1n) is 10.0. The van der Waals surface area contributed by atoms with Crippen LogP contribution >= 0.6 is 12.6 Å². The van der Waals surface area contributed by atoms with Crippen LogP contribution in [0, 0.1) is 0 Å². The normalized spacial score (nSPS) is 20.7. The minimum atomic E-state index is -0.554. The van der Waals surface area contributed by atoms with Crippen LogP contribution in [-0.4, -0.2) is 76.7 Å². The molecule has 0 spiro atoms. The third kappa shape index (κ3) is 4.95. The van der Waals surface area contributed by atoms with Gasteiger partial charge < -0.3 is 0 Å². The number of carbonyl (C=O) groups is 1. The molecule has 0 aromatic carbocycles. The Bertz CT molecular complexity index is 839. The number of hydrogen-bond donors (Lipinski definition) is 1. The molecule has 1 aromatic heterocycles. The van der Waals surface area contributed by atoms with E-state index in [0.29, 0.717) is 17.6 Å². The number of likely N-dealkylation sites (tertiary alicyclic amines) is 1. The number of ether oxygens (including phenoxy) is 1. The summed E-state index contributed by atoms with van der Waals surface area (Å²) in [5.41, 5.74) is 4.38. The summed E-state index contributed by atoms with van der Waals surface area (Å²) >= 11 is 6.05. The zero-order valence-electron chi connectivity index (χ0n) is 18.7. The molecule has 1 amide bonds. The van der Waals surface area contributed by atoms with Crippen molar-refractivity contribution in [2.45, 2.75) is 65.4 Å². The summed E-state index contributed by atoms with van der Waals surface area (Å²) < 4.78 is 12.3. The summed E-state index contributed by atoms with van der Waals surface area (Å²) in [6.07, 6.45) is 1.05. The van der Waals surface area contributed by atoms with Crippen LogP contribution in [0.2, 0.25) is 0 Å². The van der Waals surface area contributed by atoms with E-state index in [4.69, 9.17) is 14.4 Å². The fraction of sp³-hybridized carbons (Fsp3) is 0.650. The number of thiol groups is 1. The van der Waals surface area contributed by atoms with E-state index in [1.165, 1.54) is 18.6 Å². The van der Waals surface area contributed by atoms with Crippen LogP contribution < -0.4 is 4.31 Å². The van der Waals surface area contributed by atoms with Crippen LogP contribution in [0.25, 0.3) is 5.70 Å². The molecular weight excluding hydrogens is 446 g/mol. The van der Waals surface area contributed by atoms with Crippen LogP contribution in [0.5, 0.6) is 0 Å². The number of hydrogen-bond acceptors (Lipinski definition) is 6. The van der Waals surface area contributed by atoms with Crippen molar-refractivity contribution in [3.63, 3.8) is 0 Å². The van der Waals surface area contributed by atoms with Crippen molar-refractivity contribution >= 4 is 53.0 Å². The van der Waals surface area contributed by atoms with Gasteiger partial charge in [-0.25, -0.2) is 0 Å². The summed E-state index contributed by atoms with van der Waals surface area (Å²) in [6.45, 7) is 12.1. The fourth-order valence-corrected chi connectivity index (χ4v) is 4.70. The third-order valence-corrected chi connectivity index (χ3v) is 6.05. The summed E-state index contributed by atoms with van der Waals surface area (Å²) in [5.74, 6) is 0. The second-order valence-corrected chi connectivity index (χ2v) is 9.99. The number of rotatable bonds is 2. The average molecular weight is 478 g/mol. The summed E-state index contributed by atoms with van der Waals surface area (Å²) in [5, 5.41) is 8.95.